The lowest BCUT2D eigenvalue weighted by atomic mass is 9.99. The first-order valence-electron chi connectivity index (χ1n) is 7.49. The summed E-state index contributed by atoms with van der Waals surface area (Å²) in [5.41, 5.74) is 5.67. The molecule has 2 rings (SSSR count). The number of rotatable bonds is 4. The first-order valence-corrected chi connectivity index (χ1v) is 7.49. The lowest BCUT2D eigenvalue weighted by Gasteiger charge is -2.19. The second kappa shape index (κ2) is 8.02. The van der Waals surface area contributed by atoms with Gasteiger partial charge in [0.25, 0.3) is 0 Å². The minimum absolute atomic E-state index is 0. The third-order valence-electron chi connectivity index (χ3n) is 4.26. The first kappa shape index (κ1) is 19.8. The minimum atomic E-state index is -4.38. The minimum Gasteiger partial charge on any atom is -0.350 e. The van der Waals surface area contributed by atoms with Crippen molar-refractivity contribution in [1.82, 2.24) is 5.32 Å². The maximum atomic E-state index is 12.7. The van der Waals surface area contributed by atoms with Crippen LogP contribution in [0.4, 0.5) is 13.2 Å². The highest BCUT2D eigenvalue weighted by Gasteiger charge is 2.31. The zero-order valence-corrected chi connectivity index (χ0v) is 13.7. The summed E-state index contributed by atoms with van der Waals surface area (Å²) in [7, 11) is 0. The smallest absolute Gasteiger partial charge is 0.350 e. The highest BCUT2D eigenvalue weighted by atomic mass is 35.5. The van der Waals surface area contributed by atoms with E-state index in [2.05, 4.69) is 5.32 Å². The molecule has 1 unspecified atom stereocenters. The predicted molar refractivity (Wildman–Crippen MR) is 85.2 cm³/mol. The van der Waals surface area contributed by atoms with Crippen LogP contribution in [0, 0.1) is 5.92 Å². The van der Waals surface area contributed by atoms with Crippen molar-refractivity contribution in [3.63, 3.8) is 0 Å². The number of benzene rings is 1. The van der Waals surface area contributed by atoms with E-state index in [0.29, 0.717) is 12.0 Å². The highest BCUT2D eigenvalue weighted by molar-refractivity contribution is 5.85. The zero-order chi connectivity index (χ0) is 16.3. The number of nitrogens with one attached hydrogen (secondary N) is 1. The molecule has 23 heavy (non-hydrogen) atoms. The molecular formula is C16H22ClF3N2O. The van der Waals surface area contributed by atoms with E-state index in [9.17, 15) is 18.0 Å². The van der Waals surface area contributed by atoms with Crippen LogP contribution in [-0.4, -0.2) is 11.9 Å². The van der Waals surface area contributed by atoms with Crippen LogP contribution >= 0.6 is 12.4 Å². The molecule has 7 heteroatoms. The fourth-order valence-corrected chi connectivity index (χ4v) is 2.93. The number of carbonyl (C=O) groups excluding carboxylic acids is 1. The molecule has 3 nitrogen and oxygen atoms in total. The molecule has 3 atom stereocenters. The lowest BCUT2D eigenvalue weighted by Crippen LogP contribution is -2.33. The Bertz CT molecular complexity index is 536. The Labute approximate surface area is 140 Å². The van der Waals surface area contributed by atoms with Crippen LogP contribution < -0.4 is 11.1 Å². The number of carbonyl (C=O) groups is 1. The summed E-state index contributed by atoms with van der Waals surface area (Å²) >= 11 is 0. The van der Waals surface area contributed by atoms with Gasteiger partial charge in [-0.25, -0.2) is 0 Å². The maximum absolute atomic E-state index is 12.7. The molecular weight excluding hydrogens is 329 g/mol. The van der Waals surface area contributed by atoms with Gasteiger partial charge >= 0.3 is 6.18 Å². The number of hydrogen-bond acceptors (Lipinski definition) is 2. The monoisotopic (exact) mass is 350 g/mol. The van der Waals surface area contributed by atoms with Crippen molar-refractivity contribution < 1.29 is 18.0 Å². The molecule has 130 valence electrons. The van der Waals surface area contributed by atoms with Gasteiger partial charge < -0.3 is 11.1 Å². The van der Waals surface area contributed by atoms with Crippen molar-refractivity contribution in [2.24, 2.45) is 11.7 Å². The van der Waals surface area contributed by atoms with Gasteiger partial charge in [-0.2, -0.15) is 13.2 Å². The van der Waals surface area contributed by atoms with E-state index in [1.54, 1.807) is 13.0 Å². The van der Waals surface area contributed by atoms with Crippen LogP contribution in [0.5, 0.6) is 0 Å². The van der Waals surface area contributed by atoms with Crippen molar-refractivity contribution >= 4 is 18.3 Å². The zero-order valence-electron chi connectivity index (χ0n) is 12.9. The number of nitrogens with two attached hydrogens (primary N) is 1. The summed E-state index contributed by atoms with van der Waals surface area (Å²) in [6.45, 7) is 1.68. The van der Waals surface area contributed by atoms with Crippen molar-refractivity contribution in [3.8, 4) is 0 Å². The Balaban J connectivity index is 0.00000264. The number of alkyl halides is 3. The normalized spacial score (nSPS) is 22.3. The maximum Gasteiger partial charge on any atom is 0.416 e. The van der Waals surface area contributed by atoms with E-state index >= 15 is 0 Å². The van der Waals surface area contributed by atoms with Crippen LogP contribution in [0.2, 0.25) is 0 Å². The van der Waals surface area contributed by atoms with Gasteiger partial charge in [0, 0.05) is 12.5 Å². The van der Waals surface area contributed by atoms with Crippen molar-refractivity contribution in [1.29, 1.82) is 0 Å². The highest BCUT2D eigenvalue weighted by Crippen LogP contribution is 2.31. The molecule has 0 radical (unpaired) electrons. The van der Waals surface area contributed by atoms with Crippen molar-refractivity contribution in [3.05, 3.63) is 35.4 Å². The van der Waals surface area contributed by atoms with Gasteiger partial charge in [0.2, 0.25) is 5.91 Å². The standard InChI is InChI=1S/C16H21F3N2O.ClH/c1-10(11-4-2-6-13(8-11)16(17,18)19)21-15(22)9-12-5-3-7-14(12)20;/h2,4,6,8,10,12,14H,3,5,7,9,20H2,1H3,(H,21,22);1H/t10?,12-,14+;/m0./s1. The lowest BCUT2D eigenvalue weighted by molar-refractivity contribution is -0.137. The van der Waals surface area contributed by atoms with Crippen LogP contribution in [-0.2, 0) is 11.0 Å². The SMILES string of the molecule is CC(NC(=O)C[C@@H]1CCC[C@H]1N)c1cccc(C(F)(F)F)c1.Cl. The molecule has 1 aliphatic rings. The summed E-state index contributed by atoms with van der Waals surface area (Å²) in [5.74, 6) is 0.0148. The van der Waals surface area contributed by atoms with Crippen LogP contribution in [0.15, 0.2) is 24.3 Å². The van der Waals surface area contributed by atoms with Crippen molar-refractivity contribution in [2.45, 2.75) is 50.9 Å². The topological polar surface area (TPSA) is 55.1 Å². The molecule has 0 saturated heterocycles. The quantitative estimate of drug-likeness (QED) is 0.867. The van der Waals surface area contributed by atoms with E-state index in [-0.39, 0.29) is 30.3 Å². The average Bonchev–Trinajstić information content (AvgIpc) is 2.83. The molecule has 1 aromatic rings. The van der Waals surface area contributed by atoms with E-state index in [4.69, 9.17) is 5.73 Å². The summed E-state index contributed by atoms with van der Waals surface area (Å²) in [6.07, 6.45) is -1.14. The number of halogens is 4. The van der Waals surface area contributed by atoms with Gasteiger partial charge in [-0.15, -0.1) is 12.4 Å². The third-order valence-corrected chi connectivity index (χ3v) is 4.26. The van der Waals surface area contributed by atoms with Gasteiger partial charge in [-0.3, -0.25) is 4.79 Å². The molecule has 0 spiro atoms. The predicted octanol–water partition coefficient (Wildman–Crippen LogP) is 3.82. The van der Waals surface area contributed by atoms with Gasteiger partial charge in [-0.1, -0.05) is 18.6 Å². The second-order valence-electron chi connectivity index (χ2n) is 5.97. The Hall–Kier alpha value is -1.27. The molecule has 1 amide bonds. The van der Waals surface area contributed by atoms with Gasteiger partial charge in [0.1, 0.15) is 0 Å². The second-order valence-corrected chi connectivity index (χ2v) is 5.97. The number of amides is 1. The van der Waals surface area contributed by atoms with Crippen LogP contribution in [0.3, 0.4) is 0 Å². The summed E-state index contributed by atoms with van der Waals surface area (Å²) in [5, 5.41) is 2.76. The van der Waals surface area contributed by atoms with E-state index in [1.807, 2.05) is 0 Å². The van der Waals surface area contributed by atoms with Gasteiger partial charge in [0.05, 0.1) is 11.6 Å². The summed E-state index contributed by atoms with van der Waals surface area (Å²) in [4.78, 5) is 12.0. The Morgan fingerprint density at radius 3 is 2.65 bits per heavy atom. The van der Waals surface area contributed by atoms with E-state index in [0.717, 1.165) is 31.4 Å². The average molecular weight is 351 g/mol. The Morgan fingerprint density at radius 2 is 2.09 bits per heavy atom. The van der Waals surface area contributed by atoms with Gasteiger partial charge in [-0.05, 0) is 43.4 Å². The molecule has 0 heterocycles. The molecule has 1 aromatic carbocycles. The summed E-state index contributed by atoms with van der Waals surface area (Å²) in [6, 6.07) is 4.62. The fraction of sp³-hybridized carbons (Fsp3) is 0.562. The number of hydrogen-bond donors (Lipinski definition) is 2. The molecule has 1 aliphatic carbocycles. The van der Waals surface area contributed by atoms with Crippen LogP contribution in [0.25, 0.3) is 0 Å². The molecule has 0 bridgehead atoms. The Morgan fingerprint density at radius 1 is 1.39 bits per heavy atom. The Kier molecular flexibility index (Phi) is 6.89. The molecule has 3 N–H and O–H groups in total. The molecule has 0 aliphatic heterocycles. The van der Waals surface area contributed by atoms with E-state index < -0.39 is 17.8 Å². The molecule has 1 fully saturated rings. The summed E-state index contributed by atoms with van der Waals surface area (Å²) < 4.78 is 38.1. The molecule has 1 saturated carbocycles. The van der Waals surface area contributed by atoms with E-state index in [1.165, 1.54) is 6.07 Å². The fourth-order valence-electron chi connectivity index (χ4n) is 2.93. The molecule has 0 aromatic heterocycles. The van der Waals surface area contributed by atoms with Crippen molar-refractivity contribution in [2.75, 3.05) is 0 Å². The third kappa shape index (κ3) is 5.39. The first-order chi connectivity index (χ1) is 10.3. The van der Waals surface area contributed by atoms with Gasteiger partial charge in [0.15, 0.2) is 0 Å². The largest absolute Gasteiger partial charge is 0.416 e. The van der Waals surface area contributed by atoms with Crippen LogP contribution in [0.1, 0.15) is 49.8 Å².